The van der Waals surface area contributed by atoms with Crippen LogP contribution in [0, 0.1) is 0 Å². The van der Waals surface area contributed by atoms with Crippen LogP contribution in [0.25, 0.3) is 0 Å². The van der Waals surface area contributed by atoms with Crippen LogP contribution in [0.5, 0.6) is 5.75 Å². The standard InChI is InChI=1S/C21H32N2O5S/c1-4-5-6-7-19(25)22-17(12-13-29-3)20(26)23-18(21(27)28-2)14-15-8-10-16(24)11-9-15/h8-11,17-18,24H,4-7,12-14H2,1-3H3,(H,22,25)(H,23,26)/t17-,18-/m0/s1/i1D. The highest BCUT2D eigenvalue weighted by atomic mass is 32.2. The number of amides is 2. The highest BCUT2D eigenvalue weighted by Crippen LogP contribution is 2.12. The van der Waals surface area contributed by atoms with Crippen molar-refractivity contribution < 1.29 is 25.6 Å². The van der Waals surface area contributed by atoms with Crippen molar-refractivity contribution in [2.24, 2.45) is 0 Å². The molecular weight excluding hydrogens is 392 g/mol. The lowest BCUT2D eigenvalue weighted by molar-refractivity contribution is -0.145. The molecule has 2 atom stereocenters. The molecule has 0 spiro atoms. The zero-order valence-corrected chi connectivity index (χ0v) is 17.9. The smallest absolute Gasteiger partial charge is 0.328 e. The van der Waals surface area contributed by atoms with Gasteiger partial charge in [0.1, 0.15) is 17.8 Å². The molecule has 0 aliphatic carbocycles. The van der Waals surface area contributed by atoms with Gasteiger partial charge in [0.05, 0.1) is 7.11 Å². The number of carbonyl (C=O) groups excluding carboxylic acids is 3. The van der Waals surface area contributed by atoms with Gasteiger partial charge in [-0.25, -0.2) is 4.79 Å². The van der Waals surface area contributed by atoms with Crippen molar-refractivity contribution in [3.63, 3.8) is 0 Å². The molecule has 1 aromatic carbocycles. The zero-order chi connectivity index (χ0) is 22.4. The third kappa shape index (κ3) is 9.69. The number of phenolic OH excluding ortho intramolecular Hbond substituents is 1. The van der Waals surface area contributed by atoms with Crippen molar-refractivity contribution in [3.8, 4) is 5.75 Å². The van der Waals surface area contributed by atoms with Crippen LogP contribution in [-0.2, 0) is 25.5 Å². The third-order valence-electron chi connectivity index (χ3n) is 4.34. The minimum absolute atomic E-state index is 0.111. The molecule has 0 aliphatic rings. The Morgan fingerprint density at radius 2 is 1.90 bits per heavy atom. The fourth-order valence-electron chi connectivity index (χ4n) is 2.71. The Labute approximate surface area is 178 Å². The van der Waals surface area contributed by atoms with Crippen LogP contribution in [0.15, 0.2) is 24.3 Å². The van der Waals surface area contributed by atoms with E-state index in [0.29, 0.717) is 31.9 Å². The number of unbranched alkanes of at least 4 members (excludes halogenated alkanes) is 2. The minimum atomic E-state index is -0.905. The molecule has 29 heavy (non-hydrogen) atoms. The monoisotopic (exact) mass is 425 g/mol. The number of thioether (sulfide) groups is 1. The fraction of sp³-hybridized carbons (Fsp3) is 0.571. The first-order valence-electron chi connectivity index (χ1n) is 10.4. The first-order chi connectivity index (χ1) is 14.4. The molecule has 0 saturated heterocycles. The highest BCUT2D eigenvalue weighted by molar-refractivity contribution is 7.98. The average Bonchev–Trinajstić information content (AvgIpc) is 2.74. The summed E-state index contributed by atoms with van der Waals surface area (Å²) in [5, 5.41) is 14.9. The number of phenols is 1. The second-order valence-corrected chi connectivity index (χ2v) is 7.65. The quantitative estimate of drug-likeness (QED) is 0.331. The van der Waals surface area contributed by atoms with E-state index in [9.17, 15) is 19.5 Å². The van der Waals surface area contributed by atoms with Gasteiger partial charge < -0.3 is 20.5 Å². The molecule has 1 rings (SSSR count). The maximum absolute atomic E-state index is 12.8. The molecule has 0 aliphatic heterocycles. The van der Waals surface area contributed by atoms with Crippen molar-refractivity contribution >= 4 is 29.5 Å². The van der Waals surface area contributed by atoms with Gasteiger partial charge in [0.15, 0.2) is 0 Å². The summed E-state index contributed by atoms with van der Waals surface area (Å²) >= 11 is 1.57. The molecule has 0 heterocycles. The van der Waals surface area contributed by atoms with E-state index in [-0.39, 0.29) is 18.1 Å². The van der Waals surface area contributed by atoms with Gasteiger partial charge in [-0.3, -0.25) is 9.59 Å². The summed E-state index contributed by atoms with van der Waals surface area (Å²) in [6, 6.07) is 4.70. The molecule has 0 fully saturated rings. The Kier molecular flexibility index (Phi) is 11.0. The lowest BCUT2D eigenvalue weighted by Gasteiger charge is -2.22. The first kappa shape index (κ1) is 23.1. The van der Waals surface area contributed by atoms with Gasteiger partial charge >= 0.3 is 5.97 Å². The van der Waals surface area contributed by atoms with Crippen molar-refractivity contribution in [2.75, 3.05) is 19.1 Å². The summed E-state index contributed by atoms with van der Waals surface area (Å²) in [5.74, 6) is -0.438. The zero-order valence-electron chi connectivity index (χ0n) is 18.1. The van der Waals surface area contributed by atoms with Crippen LogP contribution in [-0.4, -0.2) is 54.1 Å². The van der Waals surface area contributed by atoms with Crippen molar-refractivity contribution in [1.82, 2.24) is 10.6 Å². The van der Waals surface area contributed by atoms with E-state index in [1.807, 2.05) is 6.26 Å². The maximum Gasteiger partial charge on any atom is 0.328 e. The van der Waals surface area contributed by atoms with Crippen molar-refractivity contribution in [3.05, 3.63) is 29.8 Å². The van der Waals surface area contributed by atoms with Gasteiger partial charge in [0.2, 0.25) is 11.8 Å². The molecule has 0 saturated carbocycles. The number of rotatable bonds is 13. The topological polar surface area (TPSA) is 105 Å². The van der Waals surface area contributed by atoms with Gasteiger partial charge in [0, 0.05) is 14.2 Å². The van der Waals surface area contributed by atoms with Gasteiger partial charge in [-0.2, -0.15) is 11.8 Å². The number of hydrogen-bond donors (Lipinski definition) is 3. The van der Waals surface area contributed by atoms with E-state index < -0.39 is 24.0 Å². The van der Waals surface area contributed by atoms with Crippen LogP contribution in [0.4, 0.5) is 0 Å². The van der Waals surface area contributed by atoms with E-state index in [2.05, 4.69) is 10.6 Å². The molecule has 3 N–H and O–H groups in total. The summed E-state index contributed by atoms with van der Waals surface area (Å²) in [4.78, 5) is 37.2. The SMILES string of the molecule is [2H]CCCCCC(=O)N[C@@H](CCSC)C(=O)N[C@@H](Cc1ccc(O)cc1)C(=O)OC. The normalized spacial score (nSPS) is 13.1. The summed E-state index contributed by atoms with van der Waals surface area (Å²) in [7, 11) is 1.25. The lowest BCUT2D eigenvalue weighted by atomic mass is 10.0. The summed E-state index contributed by atoms with van der Waals surface area (Å²) in [6.07, 6.45) is 5.09. The lowest BCUT2D eigenvalue weighted by Crippen LogP contribution is -2.52. The van der Waals surface area contributed by atoms with Crippen LogP contribution in [0.1, 0.15) is 45.9 Å². The van der Waals surface area contributed by atoms with Crippen LogP contribution in [0.3, 0.4) is 0 Å². The Bertz CT molecular complexity index is 672. The number of hydrogen-bond acceptors (Lipinski definition) is 6. The highest BCUT2D eigenvalue weighted by Gasteiger charge is 2.27. The van der Waals surface area contributed by atoms with E-state index in [1.54, 1.807) is 23.9 Å². The van der Waals surface area contributed by atoms with Gasteiger partial charge in [0.25, 0.3) is 0 Å². The van der Waals surface area contributed by atoms with Crippen molar-refractivity contribution in [1.29, 1.82) is 0 Å². The maximum atomic E-state index is 12.8. The van der Waals surface area contributed by atoms with Gasteiger partial charge in [-0.15, -0.1) is 0 Å². The number of nitrogens with one attached hydrogen (secondary N) is 2. The molecule has 162 valence electrons. The van der Waals surface area contributed by atoms with Gasteiger partial charge in [-0.1, -0.05) is 31.9 Å². The van der Waals surface area contributed by atoms with E-state index in [4.69, 9.17) is 6.11 Å². The predicted octanol–water partition coefficient (Wildman–Crippen LogP) is 2.41. The summed E-state index contributed by atoms with van der Waals surface area (Å²) < 4.78 is 12.0. The van der Waals surface area contributed by atoms with Crippen LogP contribution in [0.2, 0.25) is 0 Å². The minimum Gasteiger partial charge on any atom is -0.508 e. The van der Waals surface area contributed by atoms with Crippen LogP contribution < -0.4 is 10.6 Å². The second kappa shape index (κ2) is 13.9. The van der Waals surface area contributed by atoms with Crippen molar-refractivity contribution in [2.45, 2.75) is 57.5 Å². The Balaban J connectivity index is 2.76. The molecule has 0 bridgehead atoms. The molecule has 0 radical (unpaired) electrons. The molecule has 1 aromatic rings. The number of ether oxygens (including phenoxy) is 1. The molecule has 8 heteroatoms. The largest absolute Gasteiger partial charge is 0.508 e. The number of methoxy groups -OCH3 is 1. The number of aromatic hydroxyl groups is 1. The van der Waals surface area contributed by atoms with E-state index >= 15 is 0 Å². The predicted molar refractivity (Wildman–Crippen MR) is 115 cm³/mol. The molecule has 0 unspecified atom stereocenters. The third-order valence-corrected chi connectivity index (χ3v) is 4.99. The average molecular weight is 426 g/mol. The Hall–Kier alpha value is -2.22. The fourth-order valence-corrected chi connectivity index (χ4v) is 3.18. The van der Waals surface area contributed by atoms with E-state index in [0.717, 1.165) is 18.4 Å². The molecule has 7 nitrogen and oxygen atoms in total. The number of carbonyl (C=O) groups is 3. The molecule has 2 amide bonds. The Morgan fingerprint density at radius 1 is 1.17 bits per heavy atom. The second-order valence-electron chi connectivity index (χ2n) is 6.67. The Morgan fingerprint density at radius 3 is 2.52 bits per heavy atom. The van der Waals surface area contributed by atoms with E-state index in [1.165, 1.54) is 19.2 Å². The molecular formula is C21H32N2O5S. The van der Waals surface area contributed by atoms with Gasteiger partial charge in [-0.05, 0) is 42.5 Å². The number of esters is 1. The molecule has 0 aromatic heterocycles. The van der Waals surface area contributed by atoms with Crippen LogP contribution >= 0.6 is 11.8 Å². The first-order valence-corrected chi connectivity index (χ1v) is 11.0. The number of benzene rings is 1. The summed E-state index contributed by atoms with van der Waals surface area (Å²) in [5.41, 5.74) is 0.752. The summed E-state index contributed by atoms with van der Waals surface area (Å²) in [6.45, 7) is 0.344.